The number of pyridine rings is 1. The maximum atomic E-state index is 11.5. The topological polar surface area (TPSA) is 69.6 Å². The monoisotopic (exact) mass is 176 g/mol. The zero-order valence-corrected chi connectivity index (χ0v) is 6.87. The third-order valence-corrected chi connectivity index (χ3v) is 1.82. The molecule has 2 rings (SSSR count). The molecule has 1 aromatic rings. The minimum Gasteiger partial charge on any atom is -0.357 e. The molecule has 0 unspecified atom stereocenters. The number of aromatic nitrogens is 1. The number of hydrogen-bond donors (Lipinski definition) is 2. The van der Waals surface area contributed by atoms with Crippen LogP contribution in [0.3, 0.4) is 0 Å². The molecule has 0 saturated carbocycles. The highest BCUT2D eigenvalue weighted by Crippen LogP contribution is 1.94. The zero-order valence-electron chi connectivity index (χ0n) is 6.87. The second-order valence-electron chi connectivity index (χ2n) is 2.70. The highest BCUT2D eigenvalue weighted by Gasteiger charge is 2.04. The van der Waals surface area contributed by atoms with Crippen molar-refractivity contribution in [2.75, 3.05) is 6.54 Å². The molecule has 2 heterocycles. The highest BCUT2D eigenvalue weighted by molar-refractivity contribution is 5.42. The van der Waals surface area contributed by atoms with Gasteiger partial charge in [-0.2, -0.15) is 5.11 Å². The molecule has 0 spiro atoms. The van der Waals surface area contributed by atoms with Crippen LogP contribution >= 0.6 is 0 Å². The van der Waals surface area contributed by atoms with Crippen LogP contribution in [0.4, 0.5) is 0 Å². The Balaban J connectivity index is 2.78. The van der Waals surface area contributed by atoms with Crippen molar-refractivity contribution in [3.8, 4) is 0 Å². The van der Waals surface area contributed by atoms with Crippen molar-refractivity contribution in [3.05, 3.63) is 33.1 Å². The molecule has 0 aliphatic carbocycles. The Kier molecular flexibility index (Phi) is 1.70. The molecule has 0 atom stereocenters. The number of nitrogens with zero attached hydrogens (tertiary/aromatic N) is 2. The van der Waals surface area contributed by atoms with Gasteiger partial charge in [-0.15, -0.1) is 0 Å². The second kappa shape index (κ2) is 2.85. The molecule has 0 saturated heterocycles. The van der Waals surface area contributed by atoms with Gasteiger partial charge in [0.2, 0.25) is 5.43 Å². The predicted molar refractivity (Wildman–Crippen MR) is 48.1 cm³/mol. The van der Waals surface area contributed by atoms with Crippen LogP contribution in [0, 0.1) is 0 Å². The molecule has 1 aliphatic rings. The average molecular weight is 176 g/mol. The van der Waals surface area contributed by atoms with Crippen molar-refractivity contribution in [1.29, 1.82) is 0 Å². The Morgan fingerprint density at radius 1 is 1.54 bits per heavy atom. The Labute approximate surface area is 73.5 Å². The van der Waals surface area contributed by atoms with E-state index in [2.05, 4.69) is 27.3 Å². The summed E-state index contributed by atoms with van der Waals surface area (Å²) in [6.07, 6.45) is 1.67. The summed E-state index contributed by atoms with van der Waals surface area (Å²) in [7, 11) is 0. The summed E-state index contributed by atoms with van der Waals surface area (Å²) in [6.45, 7) is 4.03. The molecule has 66 valence electrons. The van der Waals surface area contributed by atoms with E-state index in [0.29, 0.717) is 22.8 Å². The second-order valence-corrected chi connectivity index (χ2v) is 2.70. The molecular formula is C8H8N4O. The summed E-state index contributed by atoms with van der Waals surface area (Å²) in [5.41, 5.74) is 3.23. The number of H-pyrrole nitrogens is 1. The molecule has 1 aliphatic heterocycles. The molecule has 13 heavy (non-hydrogen) atoms. The van der Waals surface area contributed by atoms with Gasteiger partial charge in [-0.05, 0) is 6.07 Å². The van der Waals surface area contributed by atoms with Crippen molar-refractivity contribution >= 4 is 12.3 Å². The van der Waals surface area contributed by atoms with Crippen molar-refractivity contribution in [3.63, 3.8) is 0 Å². The molecule has 0 aromatic carbocycles. The number of rotatable bonds is 0. The molecular weight excluding hydrogens is 168 g/mol. The molecule has 5 heteroatoms. The maximum absolute atomic E-state index is 11.5. The van der Waals surface area contributed by atoms with Gasteiger partial charge in [-0.25, -0.2) is 0 Å². The zero-order chi connectivity index (χ0) is 9.26. The standard InChI is InChI=1S/C8H8N4O/c1-5-2-3-9-7(8(5)13)6-4-10-12-11-6/h2-3,9H,1,4H2,(H,10,11). The SMILES string of the molecule is C=c1cc[nH]c(=C2CN=NN2)c1=O. The molecule has 0 fully saturated rings. The summed E-state index contributed by atoms with van der Waals surface area (Å²) in [6, 6.07) is 1.63. The first-order valence-corrected chi connectivity index (χ1v) is 3.81. The van der Waals surface area contributed by atoms with Gasteiger partial charge in [0.25, 0.3) is 0 Å². The van der Waals surface area contributed by atoms with E-state index in [1.165, 1.54) is 0 Å². The lowest BCUT2D eigenvalue weighted by molar-refractivity contribution is 0.945. The first-order valence-electron chi connectivity index (χ1n) is 3.81. The summed E-state index contributed by atoms with van der Waals surface area (Å²) in [5.74, 6) is 0. The van der Waals surface area contributed by atoms with E-state index in [0.717, 1.165) is 0 Å². The van der Waals surface area contributed by atoms with Crippen LogP contribution in [-0.4, -0.2) is 11.5 Å². The Morgan fingerprint density at radius 2 is 2.38 bits per heavy atom. The maximum Gasteiger partial charge on any atom is 0.210 e. The van der Waals surface area contributed by atoms with Gasteiger partial charge in [0.15, 0.2) is 0 Å². The predicted octanol–water partition coefficient (Wildman–Crippen LogP) is -1.14. The number of aromatic amines is 1. The van der Waals surface area contributed by atoms with Crippen molar-refractivity contribution < 1.29 is 0 Å². The lowest BCUT2D eigenvalue weighted by Crippen LogP contribution is -2.42. The van der Waals surface area contributed by atoms with Crippen molar-refractivity contribution in [2.45, 2.75) is 0 Å². The molecule has 0 radical (unpaired) electrons. The highest BCUT2D eigenvalue weighted by atomic mass is 16.1. The Hall–Kier alpha value is -1.91. The van der Waals surface area contributed by atoms with Crippen molar-refractivity contribution in [1.82, 2.24) is 10.4 Å². The molecule has 1 aromatic heterocycles. The Bertz CT molecular complexity index is 504. The fourth-order valence-electron chi connectivity index (χ4n) is 1.12. The summed E-state index contributed by atoms with van der Waals surface area (Å²) >= 11 is 0. The first kappa shape index (κ1) is 7.72. The molecule has 5 nitrogen and oxygen atoms in total. The minimum atomic E-state index is -0.114. The van der Waals surface area contributed by atoms with Crippen LogP contribution in [-0.2, 0) is 0 Å². The first-order chi connectivity index (χ1) is 6.29. The third-order valence-electron chi connectivity index (χ3n) is 1.82. The van der Waals surface area contributed by atoms with Gasteiger partial charge < -0.3 is 4.98 Å². The Morgan fingerprint density at radius 3 is 3.08 bits per heavy atom. The molecule has 0 bridgehead atoms. The van der Waals surface area contributed by atoms with Gasteiger partial charge in [-0.3, -0.25) is 10.2 Å². The van der Waals surface area contributed by atoms with E-state index in [4.69, 9.17) is 0 Å². The van der Waals surface area contributed by atoms with Crippen LogP contribution in [0.5, 0.6) is 0 Å². The van der Waals surface area contributed by atoms with Gasteiger partial charge in [0.1, 0.15) is 11.9 Å². The van der Waals surface area contributed by atoms with E-state index in [1.807, 2.05) is 0 Å². The van der Waals surface area contributed by atoms with Gasteiger partial charge in [-0.1, -0.05) is 11.8 Å². The van der Waals surface area contributed by atoms with Crippen molar-refractivity contribution in [2.24, 2.45) is 10.3 Å². The molecule has 2 N–H and O–H groups in total. The van der Waals surface area contributed by atoms with Crippen LogP contribution < -0.4 is 21.4 Å². The summed E-state index contributed by atoms with van der Waals surface area (Å²) in [4.78, 5) is 14.4. The average Bonchev–Trinajstić information content (AvgIpc) is 2.62. The smallest absolute Gasteiger partial charge is 0.210 e. The quantitative estimate of drug-likeness (QED) is 0.524. The van der Waals surface area contributed by atoms with E-state index >= 15 is 0 Å². The fourth-order valence-corrected chi connectivity index (χ4v) is 1.12. The fraction of sp³-hybridized carbons (Fsp3) is 0.125. The van der Waals surface area contributed by atoms with Crippen LogP contribution in [0.2, 0.25) is 0 Å². The lowest BCUT2D eigenvalue weighted by Gasteiger charge is -1.93. The summed E-state index contributed by atoms with van der Waals surface area (Å²) in [5, 5.41) is 8.23. The van der Waals surface area contributed by atoms with E-state index < -0.39 is 0 Å². The van der Waals surface area contributed by atoms with Crippen LogP contribution in [0.1, 0.15) is 0 Å². The minimum absolute atomic E-state index is 0.114. The van der Waals surface area contributed by atoms with Gasteiger partial charge in [0.05, 0.1) is 5.70 Å². The van der Waals surface area contributed by atoms with E-state index in [-0.39, 0.29) is 5.43 Å². The van der Waals surface area contributed by atoms with Gasteiger partial charge >= 0.3 is 0 Å². The van der Waals surface area contributed by atoms with Crippen LogP contribution in [0.25, 0.3) is 12.3 Å². The normalized spacial score (nSPS) is 18.8. The third kappa shape index (κ3) is 1.24. The van der Waals surface area contributed by atoms with Gasteiger partial charge in [0, 0.05) is 11.4 Å². The van der Waals surface area contributed by atoms with E-state index in [9.17, 15) is 4.79 Å². The van der Waals surface area contributed by atoms with Crippen LogP contribution in [0.15, 0.2) is 27.4 Å². The summed E-state index contributed by atoms with van der Waals surface area (Å²) < 4.78 is 0. The number of hydrogen-bond acceptors (Lipinski definition) is 4. The van der Waals surface area contributed by atoms with E-state index in [1.54, 1.807) is 12.3 Å². The lowest BCUT2D eigenvalue weighted by atomic mass is 10.3. The molecule has 0 amide bonds. The number of nitrogens with one attached hydrogen (secondary N) is 2. The largest absolute Gasteiger partial charge is 0.357 e.